The van der Waals surface area contributed by atoms with E-state index in [-0.39, 0.29) is 29.9 Å². The van der Waals surface area contributed by atoms with Crippen molar-refractivity contribution >= 4 is 35.8 Å². The molecule has 1 aromatic carbocycles. The molecule has 7 nitrogen and oxygen atoms in total. The first-order valence-corrected chi connectivity index (χ1v) is 10.7. The van der Waals surface area contributed by atoms with Crippen LogP contribution in [0, 0.1) is 5.92 Å². The number of nitrogens with zero attached hydrogens (tertiary/aromatic N) is 2. The van der Waals surface area contributed by atoms with E-state index in [1.165, 1.54) is 0 Å². The molecule has 8 heteroatoms. The number of carbonyl (C=O) groups is 1. The van der Waals surface area contributed by atoms with Gasteiger partial charge in [-0.15, -0.1) is 24.0 Å². The van der Waals surface area contributed by atoms with Crippen molar-refractivity contribution in [1.29, 1.82) is 0 Å². The second-order valence-electron chi connectivity index (χ2n) is 7.80. The number of nitrogens with one attached hydrogen (secondary N) is 3. The minimum absolute atomic E-state index is 0. The molecule has 1 heterocycles. The van der Waals surface area contributed by atoms with Gasteiger partial charge in [0.25, 0.3) is 5.91 Å². The first kappa shape index (κ1) is 26.6. The maximum atomic E-state index is 12.0. The average molecular weight is 531 g/mol. The average Bonchev–Trinajstić information content (AvgIpc) is 2.73. The van der Waals surface area contributed by atoms with Crippen LogP contribution in [-0.4, -0.2) is 69.2 Å². The number of benzene rings is 1. The normalized spacial score (nSPS) is 16.0. The number of hydrogen-bond donors (Lipinski definition) is 3. The van der Waals surface area contributed by atoms with E-state index in [1.807, 2.05) is 31.2 Å². The molecule has 1 unspecified atom stereocenters. The van der Waals surface area contributed by atoms with Crippen molar-refractivity contribution in [3.8, 4) is 0 Å². The van der Waals surface area contributed by atoms with Gasteiger partial charge in [0.2, 0.25) is 0 Å². The fraction of sp³-hybridized carbons (Fsp3) is 0.636. The standard InChI is InChI=1S/C22H37N5O2.HI/c1-5-24-21(28)19-8-6-7-18(14-19)15-25-22(23-4)26-16-20(13-17(2)3)27-9-11-29-12-10-27;/h6-8,14,17,20H,5,9-13,15-16H2,1-4H3,(H,24,28)(H2,23,25,26);1H. The summed E-state index contributed by atoms with van der Waals surface area (Å²) in [6, 6.07) is 8.13. The molecule has 1 saturated heterocycles. The molecule has 1 aliphatic heterocycles. The predicted molar refractivity (Wildman–Crippen MR) is 134 cm³/mol. The van der Waals surface area contributed by atoms with Crippen LogP contribution < -0.4 is 16.0 Å². The van der Waals surface area contributed by atoms with Gasteiger partial charge in [-0.25, -0.2) is 0 Å². The number of carbonyl (C=O) groups excluding carboxylic acids is 1. The van der Waals surface area contributed by atoms with Crippen molar-refractivity contribution in [1.82, 2.24) is 20.9 Å². The Hall–Kier alpha value is -1.39. The lowest BCUT2D eigenvalue weighted by Gasteiger charge is -2.35. The molecule has 1 aromatic rings. The molecule has 0 aromatic heterocycles. The molecule has 170 valence electrons. The van der Waals surface area contributed by atoms with Crippen molar-refractivity contribution in [3.63, 3.8) is 0 Å². The molecule has 3 N–H and O–H groups in total. The number of hydrogen-bond acceptors (Lipinski definition) is 4. The molecule has 1 atom stereocenters. The number of halogens is 1. The van der Waals surface area contributed by atoms with E-state index < -0.39 is 0 Å². The van der Waals surface area contributed by atoms with E-state index in [4.69, 9.17) is 4.74 Å². The van der Waals surface area contributed by atoms with Crippen molar-refractivity contribution < 1.29 is 9.53 Å². The number of aliphatic imine (C=N–C) groups is 1. The smallest absolute Gasteiger partial charge is 0.251 e. The van der Waals surface area contributed by atoms with Crippen molar-refractivity contribution in [2.45, 2.75) is 39.8 Å². The molecule has 0 radical (unpaired) electrons. The Balaban J connectivity index is 0.00000450. The van der Waals surface area contributed by atoms with E-state index in [0.29, 0.717) is 30.6 Å². The van der Waals surface area contributed by atoms with Crippen LogP contribution in [0.25, 0.3) is 0 Å². The van der Waals surface area contributed by atoms with Crippen LogP contribution in [0.1, 0.15) is 43.1 Å². The van der Waals surface area contributed by atoms with Gasteiger partial charge in [-0.1, -0.05) is 26.0 Å². The zero-order chi connectivity index (χ0) is 21.1. The third-order valence-corrected chi connectivity index (χ3v) is 5.02. The molecule has 0 saturated carbocycles. The minimum Gasteiger partial charge on any atom is -0.379 e. The number of ether oxygens (including phenoxy) is 1. The summed E-state index contributed by atoms with van der Waals surface area (Å²) >= 11 is 0. The van der Waals surface area contributed by atoms with E-state index in [2.05, 4.69) is 39.7 Å². The largest absolute Gasteiger partial charge is 0.379 e. The third kappa shape index (κ3) is 9.18. The van der Waals surface area contributed by atoms with Gasteiger partial charge in [-0.3, -0.25) is 14.7 Å². The maximum Gasteiger partial charge on any atom is 0.251 e. The second kappa shape index (κ2) is 14.6. The van der Waals surface area contributed by atoms with Crippen LogP contribution in [0.5, 0.6) is 0 Å². The summed E-state index contributed by atoms with van der Waals surface area (Å²) < 4.78 is 5.50. The Bertz CT molecular complexity index is 663. The quantitative estimate of drug-likeness (QED) is 0.259. The Morgan fingerprint density at radius 3 is 2.57 bits per heavy atom. The molecule has 2 rings (SSSR count). The molecule has 0 aliphatic carbocycles. The van der Waals surface area contributed by atoms with Gasteiger partial charge in [0.15, 0.2) is 5.96 Å². The topological polar surface area (TPSA) is 78.0 Å². The SMILES string of the molecule is CCNC(=O)c1cccc(CNC(=NC)NCC(CC(C)C)N2CCOCC2)c1.I. The summed E-state index contributed by atoms with van der Waals surface area (Å²) in [5.74, 6) is 1.37. The van der Waals surface area contributed by atoms with Crippen LogP contribution in [0.15, 0.2) is 29.3 Å². The first-order chi connectivity index (χ1) is 14.0. The molecule has 1 amide bonds. The van der Waals surface area contributed by atoms with Gasteiger partial charge in [0.1, 0.15) is 0 Å². The van der Waals surface area contributed by atoms with Gasteiger partial charge >= 0.3 is 0 Å². The summed E-state index contributed by atoms with van der Waals surface area (Å²) in [4.78, 5) is 18.9. The van der Waals surface area contributed by atoms with E-state index >= 15 is 0 Å². The van der Waals surface area contributed by atoms with Crippen molar-refractivity contribution in [2.75, 3.05) is 46.4 Å². The van der Waals surface area contributed by atoms with Gasteiger partial charge in [0, 0.05) is 51.4 Å². The predicted octanol–water partition coefficient (Wildman–Crippen LogP) is 2.47. The maximum absolute atomic E-state index is 12.0. The lowest BCUT2D eigenvalue weighted by atomic mass is 10.0. The second-order valence-corrected chi connectivity index (χ2v) is 7.80. The van der Waals surface area contributed by atoms with Gasteiger partial charge in [-0.05, 0) is 37.0 Å². The molecule has 30 heavy (non-hydrogen) atoms. The summed E-state index contributed by atoms with van der Waals surface area (Å²) in [6.07, 6.45) is 1.14. The number of guanidine groups is 1. The minimum atomic E-state index is -0.0427. The number of morpholine rings is 1. The summed E-state index contributed by atoms with van der Waals surface area (Å²) in [7, 11) is 1.78. The molecular formula is C22H38IN5O2. The fourth-order valence-corrected chi connectivity index (χ4v) is 3.55. The molecule has 1 fully saturated rings. The monoisotopic (exact) mass is 531 g/mol. The van der Waals surface area contributed by atoms with Gasteiger partial charge < -0.3 is 20.7 Å². The molecule has 1 aliphatic rings. The first-order valence-electron chi connectivity index (χ1n) is 10.7. The van der Waals surface area contributed by atoms with Crippen LogP contribution >= 0.6 is 24.0 Å². The van der Waals surface area contributed by atoms with Crippen LogP contribution in [0.3, 0.4) is 0 Å². The van der Waals surface area contributed by atoms with Crippen molar-refractivity contribution in [2.24, 2.45) is 10.9 Å². The molecule has 0 bridgehead atoms. The highest BCUT2D eigenvalue weighted by Gasteiger charge is 2.22. The summed E-state index contributed by atoms with van der Waals surface area (Å²) in [6.45, 7) is 12.1. The fourth-order valence-electron chi connectivity index (χ4n) is 3.55. The Morgan fingerprint density at radius 1 is 1.20 bits per heavy atom. The Kier molecular flexibility index (Phi) is 13.0. The highest BCUT2D eigenvalue weighted by atomic mass is 127. The van der Waals surface area contributed by atoms with Crippen LogP contribution in [-0.2, 0) is 11.3 Å². The number of amides is 1. The Labute approximate surface area is 198 Å². The zero-order valence-corrected chi connectivity index (χ0v) is 21.1. The molecular weight excluding hydrogens is 493 g/mol. The lowest BCUT2D eigenvalue weighted by molar-refractivity contribution is 0.0132. The third-order valence-electron chi connectivity index (χ3n) is 5.02. The summed E-state index contributed by atoms with van der Waals surface area (Å²) in [5, 5.41) is 9.67. The van der Waals surface area contributed by atoms with Crippen LogP contribution in [0.2, 0.25) is 0 Å². The highest BCUT2D eigenvalue weighted by Crippen LogP contribution is 2.13. The number of rotatable bonds is 9. The van der Waals surface area contributed by atoms with Gasteiger partial charge in [-0.2, -0.15) is 0 Å². The Morgan fingerprint density at radius 2 is 1.93 bits per heavy atom. The van der Waals surface area contributed by atoms with E-state index in [1.54, 1.807) is 7.05 Å². The van der Waals surface area contributed by atoms with E-state index in [0.717, 1.165) is 50.8 Å². The van der Waals surface area contributed by atoms with E-state index in [9.17, 15) is 4.79 Å². The highest BCUT2D eigenvalue weighted by molar-refractivity contribution is 14.0. The van der Waals surface area contributed by atoms with Crippen LogP contribution in [0.4, 0.5) is 0 Å². The molecule has 0 spiro atoms. The van der Waals surface area contributed by atoms with Crippen molar-refractivity contribution in [3.05, 3.63) is 35.4 Å². The lowest BCUT2D eigenvalue weighted by Crippen LogP contribution is -2.50. The summed E-state index contributed by atoms with van der Waals surface area (Å²) in [5.41, 5.74) is 1.72. The zero-order valence-electron chi connectivity index (χ0n) is 18.7. The van der Waals surface area contributed by atoms with Gasteiger partial charge in [0.05, 0.1) is 13.2 Å².